The highest BCUT2D eigenvalue weighted by Crippen LogP contribution is 2.05. The monoisotopic (exact) mass is 225 g/mol. The van der Waals surface area contributed by atoms with E-state index in [4.69, 9.17) is 0 Å². The molecule has 0 bridgehead atoms. The molecule has 0 spiro atoms. The molecule has 0 amide bonds. The summed E-state index contributed by atoms with van der Waals surface area (Å²) in [7, 11) is 0. The second kappa shape index (κ2) is 5.15. The Kier molecular flexibility index (Phi) is 3.87. The van der Waals surface area contributed by atoms with Gasteiger partial charge in [-0.1, -0.05) is 0 Å². The maximum absolute atomic E-state index is 11.2. The van der Waals surface area contributed by atoms with E-state index in [0.29, 0.717) is 12.8 Å². The van der Waals surface area contributed by atoms with E-state index in [1.54, 1.807) is 0 Å². The van der Waals surface area contributed by atoms with Gasteiger partial charge in [0.25, 0.3) is 0 Å². The smallest absolute Gasteiger partial charge is 0.300 e. The lowest BCUT2D eigenvalue weighted by Gasteiger charge is -2.02. The standard InChI is InChI=1S/C9H11N3O4/c1-7(13)3-2-4-11-6-8(12(15)16)5-10-9(11)14/h5-6H,2-4H2,1H3. The van der Waals surface area contributed by atoms with Crippen LogP contribution in [0.4, 0.5) is 5.69 Å². The van der Waals surface area contributed by atoms with Gasteiger partial charge in [0, 0.05) is 13.0 Å². The number of rotatable bonds is 5. The molecule has 0 unspecified atom stereocenters. The van der Waals surface area contributed by atoms with Crippen LogP contribution in [-0.2, 0) is 11.3 Å². The van der Waals surface area contributed by atoms with Crippen molar-refractivity contribution >= 4 is 11.5 Å². The summed E-state index contributed by atoms with van der Waals surface area (Å²) in [6, 6.07) is 0. The van der Waals surface area contributed by atoms with Crippen LogP contribution in [0.5, 0.6) is 0 Å². The Morgan fingerprint density at radius 3 is 2.88 bits per heavy atom. The number of Topliss-reactive ketones (excluding diaryl/α,β-unsaturated/α-hetero) is 1. The van der Waals surface area contributed by atoms with Crippen LogP contribution >= 0.6 is 0 Å². The van der Waals surface area contributed by atoms with Gasteiger partial charge in [0.2, 0.25) is 0 Å². The maximum atomic E-state index is 11.2. The molecule has 7 nitrogen and oxygen atoms in total. The van der Waals surface area contributed by atoms with E-state index >= 15 is 0 Å². The third-order valence-corrected chi connectivity index (χ3v) is 1.98. The number of carbonyl (C=O) groups is 1. The van der Waals surface area contributed by atoms with Crippen molar-refractivity contribution < 1.29 is 9.72 Å². The predicted molar refractivity (Wildman–Crippen MR) is 55.1 cm³/mol. The van der Waals surface area contributed by atoms with Crippen LogP contribution in [0.2, 0.25) is 0 Å². The molecule has 1 aromatic rings. The van der Waals surface area contributed by atoms with Gasteiger partial charge in [0.05, 0.1) is 11.1 Å². The summed E-state index contributed by atoms with van der Waals surface area (Å²) >= 11 is 0. The molecule has 0 aliphatic rings. The van der Waals surface area contributed by atoms with Crippen LogP contribution in [0.15, 0.2) is 17.2 Å². The van der Waals surface area contributed by atoms with Gasteiger partial charge in [0.1, 0.15) is 12.0 Å². The Bertz CT molecular complexity index is 466. The average molecular weight is 225 g/mol. The third kappa shape index (κ3) is 3.26. The number of nitro groups is 1. The largest absolute Gasteiger partial charge is 0.347 e. The highest BCUT2D eigenvalue weighted by atomic mass is 16.6. The average Bonchev–Trinajstić information content (AvgIpc) is 2.20. The number of hydrogen-bond donors (Lipinski definition) is 0. The molecular weight excluding hydrogens is 214 g/mol. The molecule has 0 saturated heterocycles. The molecule has 0 radical (unpaired) electrons. The Labute approximate surface area is 90.9 Å². The van der Waals surface area contributed by atoms with E-state index in [2.05, 4.69) is 4.98 Å². The molecule has 16 heavy (non-hydrogen) atoms. The first-order valence-corrected chi connectivity index (χ1v) is 4.71. The van der Waals surface area contributed by atoms with Gasteiger partial charge < -0.3 is 4.79 Å². The molecule has 1 rings (SSSR count). The number of nitrogens with zero attached hydrogens (tertiary/aromatic N) is 3. The fraction of sp³-hybridized carbons (Fsp3) is 0.444. The van der Waals surface area contributed by atoms with Crippen molar-refractivity contribution in [1.82, 2.24) is 9.55 Å². The van der Waals surface area contributed by atoms with E-state index in [0.717, 1.165) is 17.0 Å². The van der Waals surface area contributed by atoms with Crippen molar-refractivity contribution in [3.8, 4) is 0 Å². The van der Waals surface area contributed by atoms with Gasteiger partial charge >= 0.3 is 11.4 Å². The number of carbonyl (C=O) groups excluding carboxylic acids is 1. The van der Waals surface area contributed by atoms with Gasteiger partial charge in [-0.15, -0.1) is 0 Å². The van der Waals surface area contributed by atoms with Crippen LogP contribution in [0.1, 0.15) is 19.8 Å². The second-order valence-electron chi connectivity index (χ2n) is 3.35. The summed E-state index contributed by atoms with van der Waals surface area (Å²) in [5, 5.41) is 10.4. The summed E-state index contributed by atoms with van der Waals surface area (Å²) in [4.78, 5) is 35.1. The molecule has 1 aromatic heterocycles. The minimum atomic E-state index is -0.617. The topological polar surface area (TPSA) is 95.1 Å². The fourth-order valence-corrected chi connectivity index (χ4v) is 1.20. The first-order valence-electron chi connectivity index (χ1n) is 4.71. The van der Waals surface area contributed by atoms with E-state index < -0.39 is 10.6 Å². The normalized spacial score (nSPS) is 10.1. The van der Waals surface area contributed by atoms with Crippen LogP contribution in [-0.4, -0.2) is 20.3 Å². The molecule has 0 atom stereocenters. The lowest BCUT2D eigenvalue weighted by Crippen LogP contribution is -2.22. The van der Waals surface area contributed by atoms with Crippen LogP contribution in [0.3, 0.4) is 0 Å². The first kappa shape index (κ1) is 12.0. The number of hydrogen-bond acceptors (Lipinski definition) is 5. The van der Waals surface area contributed by atoms with Gasteiger partial charge in [-0.3, -0.25) is 14.7 Å². The zero-order chi connectivity index (χ0) is 12.1. The molecule has 0 saturated carbocycles. The second-order valence-corrected chi connectivity index (χ2v) is 3.35. The molecule has 7 heteroatoms. The first-order chi connectivity index (χ1) is 7.50. The molecule has 0 N–H and O–H groups in total. The van der Waals surface area contributed by atoms with Crippen molar-refractivity contribution in [1.29, 1.82) is 0 Å². The highest BCUT2D eigenvalue weighted by molar-refractivity contribution is 5.75. The molecule has 0 fully saturated rings. The molecule has 0 aliphatic carbocycles. The van der Waals surface area contributed by atoms with Crippen molar-refractivity contribution in [2.75, 3.05) is 0 Å². The van der Waals surface area contributed by atoms with Crippen molar-refractivity contribution in [2.45, 2.75) is 26.3 Å². The van der Waals surface area contributed by atoms with E-state index in [-0.39, 0.29) is 18.0 Å². The lowest BCUT2D eigenvalue weighted by molar-refractivity contribution is -0.385. The van der Waals surface area contributed by atoms with Crippen LogP contribution in [0.25, 0.3) is 0 Å². The Morgan fingerprint density at radius 1 is 1.62 bits per heavy atom. The Balaban J connectivity index is 2.78. The number of ketones is 1. The summed E-state index contributed by atoms with van der Waals surface area (Å²) in [6.45, 7) is 1.71. The minimum absolute atomic E-state index is 0.0199. The molecular formula is C9H11N3O4. The SMILES string of the molecule is CC(=O)CCCn1cc([N+](=O)[O-])cnc1=O. The summed E-state index contributed by atoms with van der Waals surface area (Å²) < 4.78 is 1.14. The molecule has 86 valence electrons. The zero-order valence-corrected chi connectivity index (χ0v) is 8.75. The summed E-state index contributed by atoms with van der Waals surface area (Å²) in [6.07, 6.45) is 2.87. The molecule has 0 aromatic carbocycles. The van der Waals surface area contributed by atoms with Gasteiger partial charge in [-0.05, 0) is 13.3 Å². The van der Waals surface area contributed by atoms with E-state index in [1.165, 1.54) is 6.92 Å². The minimum Gasteiger partial charge on any atom is -0.300 e. The van der Waals surface area contributed by atoms with Crippen LogP contribution in [0, 0.1) is 10.1 Å². The van der Waals surface area contributed by atoms with E-state index in [1.807, 2.05) is 0 Å². The Hall–Kier alpha value is -2.05. The highest BCUT2D eigenvalue weighted by Gasteiger charge is 2.08. The fourth-order valence-electron chi connectivity index (χ4n) is 1.20. The summed E-state index contributed by atoms with van der Waals surface area (Å²) in [5.41, 5.74) is -0.781. The Morgan fingerprint density at radius 2 is 2.31 bits per heavy atom. The maximum Gasteiger partial charge on any atom is 0.347 e. The van der Waals surface area contributed by atoms with Gasteiger partial charge in [0.15, 0.2) is 0 Å². The van der Waals surface area contributed by atoms with Gasteiger partial charge in [-0.25, -0.2) is 4.79 Å². The van der Waals surface area contributed by atoms with Crippen LogP contribution < -0.4 is 5.69 Å². The predicted octanol–water partition coefficient (Wildman–Crippen LogP) is 0.521. The third-order valence-electron chi connectivity index (χ3n) is 1.98. The molecule has 1 heterocycles. The zero-order valence-electron chi connectivity index (χ0n) is 8.75. The van der Waals surface area contributed by atoms with E-state index in [9.17, 15) is 19.7 Å². The lowest BCUT2D eigenvalue weighted by atomic mass is 10.2. The summed E-state index contributed by atoms with van der Waals surface area (Å²) in [5.74, 6) is 0.0199. The van der Waals surface area contributed by atoms with Gasteiger partial charge in [-0.2, -0.15) is 4.98 Å². The number of aryl methyl sites for hydroxylation is 1. The van der Waals surface area contributed by atoms with Crippen molar-refractivity contribution in [2.24, 2.45) is 0 Å². The quantitative estimate of drug-likeness (QED) is 0.537. The van der Waals surface area contributed by atoms with Crippen molar-refractivity contribution in [3.63, 3.8) is 0 Å². The number of aromatic nitrogens is 2. The molecule has 0 aliphatic heterocycles. The van der Waals surface area contributed by atoms with Crippen molar-refractivity contribution in [3.05, 3.63) is 33.0 Å².